The molecule has 0 amide bonds. The normalized spacial score (nSPS) is 13.1. The number of allylic oxidation sites excluding steroid dienone is 1. The van der Waals surface area contributed by atoms with Crippen LogP contribution in [0.1, 0.15) is 18.1 Å². The first-order valence-corrected chi connectivity index (χ1v) is 6.94. The van der Waals surface area contributed by atoms with E-state index in [-0.39, 0.29) is 0 Å². The van der Waals surface area contributed by atoms with Crippen LogP contribution in [0.2, 0.25) is 0 Å². The molecule has 0 spiro atoms. The first kappa shape index (κ1) is 12.0. The molecular weight excluding hydrogens is 260 g/mol. The van der Waals surface area contributed by atoms with E-state index in [1.807, 2.05) is 6.07 Å². The highest BCUT2D eigenvalue weighted by molar-refractivity contribution is 5.77. The van der Waals surface area contributed by atoms with Gasteiger partial charge in [-0.2, -0.15) is 4.68 Å². The first-order valence-electron chi connectivity index (χ1n) is 6.94. The lowest BCUT2D eigenvalue weighted by molar-refractivity contribution is 0.787. The van der Waals surface area contributed by atoms with Crippen molar-refractivity contribution in [3.8, 4) is 16.8 Å². The van der Waals surface area contributed by atoms with Crippen molar-refractivity contribution in [2.24, 2.45) is 0 Å². The first-order chi connectivity index (χ1) is 10.3. The molecule has 0 unspecified atom stereocenters. The molecule has 0 bridgehead atoms. The zero-order chi connectivity index (χ0) is 14.2. The van der Waals surface area contributed by atoms with Gasteiger partial charge in [-0.15, -0.1) is 5.10 Å². The summed E-state index contributed by atoms with van der Waals surface area (Å²) in [6, 6.07) is 14.8. The number of benzene rings is 2. The molecule has 0 fully saturated rings. The van der Waals surface area contributed by atoms with Crippen LogP contribution in [0.25, 0.3) is 22.9 Å². The van der Waals surface area contributed by atoms with E-state index < -0.39 is 0 Å². The molecule has 1 aliphatic carbocycles. The minimum Gasteiger partial charge on any atom is -0.200 e. The molecule has 1 heterocycles. The largest absolute Gasteiger partial charge is 0.200 e. The van der Waals surface area contributed by atoms with Crippen molar-refractivity contribution in [3.05, 3.63) is 65.5 Å². The van der Waals surface area contributed by atoms with Gasteiger partial charge in [0.1, 0.15) is 6.33 Å². The lowest BCUT2D eigenvalue weighted by atomic mass is 9.98. The van der Waals surface area contributed by atoms with Crippen molar-refractivity contribution >= 4 is 6.08 Å². The van der Waals surface area contributed by atoms with Crippen molar-refractivity contribution in [2.45, 2.75) is 13.3 Å². The van der Waals surface area contributed by atoms with Gasteiger partial charge in [-0.05, 0) is 46.5 Å². The molecule has 1 aliphatic rings. The number of fused-ring (bicyclic) bond motifs is 1. The molecule has 4 rings (SSSR count). The van der Waals surface area contributed by atoms with Gasteiger partial charge >= 0.3 is 0 Å². The van der Waals surface area contributed by atoms with E-state index in [9.17, 15) is 0 Å². The highest BCUT2D eigenvalue weighted by Crippen LogP contribution is 2.34. The van der Waals surface area contributed by atoms with Crippen LogP contribution in [0.5, 0.6) is 0 Å². The number of hydrogen-bond donors (Lipinski definition) is 0. The Labute approximate surface area is 122 Å². The zero-order valence-corrected chi connectivity index (χ0v) is 11.7. The number of rotatable bonds is 2. The van der Waals surface area contributed by atoms with Crippen LogP contribution >= 0.6 is 0 Å². The average molecular weight is 274 g/mol. The maximum Gasteiger partial charge on any atom is 0.143 e. The van der Waals surface area contributed by atoms with E-state index in [1.54, 1.807) is 11.0 Å². The summed E-state index contributed by atoms with van der Waals surface area (Å²) >= 11 is 0. The summed E-state index contributed by atoms with van der Waals surface area (Å²) in [7, 11) is 0. The molecule has 0 N–H and O–H groups in total. The lowest BCUT2D eigenvalue weighted by Gasteiger charge is -2.11. The lowest BCUT2D eigenvalue weighted by Crippen LogP contribution is -2.00. The second-order valence-corrected chi connectivity index (χ2v) is 5.36. The van der Waals surface area contributed by atoms with Crippen LogP contribution in [0.4, 0.5) is 0 Å². The van der Waals surface area contributed by atoms with E-state index in [1.165, 1.54) is 27.8 Å². The molecule has 3 aromatic rings. The standard InChI is InChI=1S/C17H14N4/c1-12-7-15-9-14(13-5-3-2-4-6-13)10-17(16(15)8-12)21-11-18-19-20-21/h2-6,8-11H,7H2,1H3. The Hall–Kier alpha value is -2.75. The summed E-state index contributed by atoms with van der Waals surface area (Å²) < 4.78 is 1.74. The SMILES string of the molecule is CC1=Cc2c(cc(-c3ccccc3)cc2-n2cnnn2)C1. The molecule has 0 saturated heterocycles. The van der Waals surface area contributed by atoms with Gasteiger partial charge < -0.3 is 0 Å². The predicted molar refractivity (Wildman–Crippen MR) is 81.9 cm³/mol. The second kappa shape index (κ2) is 4.66. The molecule has 102 valence electrons. The third-order valence-electron chi connectivity index (χ3n) is 3.81. The van der Waals surface area contributed by atoms with Gasteiger partial charge in [0.05, 0.1) is 5.69 Å². The fourth-order valence-electron chi connectivity index (χ4n) is 2.87. The minimum absolute atomic E-state index is 0.991. The molecule has 0 saturated carbocycles. The Morgan fingerprint density at radius 3 is 2.67 bits per heavy atom. The smallest absolute Gasteiger partial charge is 0.143 e. The Balaban J connectivity index is 1.94. The summed E-state index contributed by atoms with van der Waals surface area (Å²) in [5.74, 6) is 0. The predicted octanol–water partition coefficient (Wildman–Crippen LogP) is 3.29. The van der Waals surface area contributed by atoms with E-state index in [0.29, 0.717) is 0 Å². The average Bonchev–Trinajstić information content (AvgIpc) is 3.15. The summed E-state index contributed by atoms with van der Waals surface area (Å²) in [5, 5.41) is 11.6. The van der Waals surface area contributed by atoms with Crippen LogP contribution in [-0.4, -0.2) is 20.2 Å². The second-order valence-electron chi connectivity index (χ2n) is 5.36. The molecular formula is C17H14N4. The van der Waals surface area contributed by atoms with Crippen LogP contribution in [0, 0.1) is 0 Å². The Kier molecular flexibility index (Phi) is 2.67. The summed E-state index contributed by atoms with van der Waals surface area (Å²) in [5.41, 5.74) is 7.36. The van der Waals surface area contributed by atoms with E-state index in [4.69, 9.17) is 0 Å². The van der Waals surface area contributed by atoms with Gasteiger partial charge in [0.25, 0.3) is 0 Å². The third kappa shape index (κ3) is 2.05. The van der Waals surface area contributed by atoms with Crippen molar-refractivity contribution in [1.82, 2.24) is 20.2 Å². The number of aromatic nitrogens is 4. The van der Waals surface area contributed by atoms with E-state index in [0.717, 1.165) is 12.1 Å². The van der Waals surface area contributed by atoms with Crippen molar-refractivity contribution in [2.75, 3.05) is 0 Å². The number of tetrazole rings is 1. The molecule has 0 radical (unpaired) electrons. The Morgan fingerprint density at radius 2 is 1.90 bits per heavy atom. The maximum atomic E-state index is 4.05. The minimum atomic E-state index is 0.991. The highest BCUT2D eigenvalue weighted by Gasteiger charge is 2.17. The van der Waals surface area contributed by atoms with Gasteiger partial charge in [0.2, 0.25) is 0 Å². The van der Waals surface area contributed by atoms with Crippen LogP contribution in [0.3, 0.4) is 0 Å². The van der Waals surface area contributed by atoms with Crippen molar-refractivity contribution in [1.29, 1.82) is 0 Å². The zero-order valence-electron chi connectivity index (χ0n) is 11.7. The van der Waals surface area contributed by atoms with E-state index in [2.05, 4.69) is 64.9 Å². The molecule has 21 heavy (non-hydrogen) atoms. The Morgan fingerprint density at radius 1 is 1.05 bits per heavy atom. The van der Waals surface area contributed by atoms with Crippen LogP contribution < -0.4 is 0 Å². The van der Waals surface area contributed by atoms with Crippen LogP contribution in [-0.2, 0) is 6.42 Å². The summed E-state index contributed by atoms with van der Waals surface area (Å²) in [4.78, 5) is 0. The quantitative estimate of drug-likeness (QED) is 0.720. The molecule has 1 aromatic heterocycles. The monoisotopic (exact) mass is 274 g/mol. The van der Waals surface area contributed by atoms with Crippen molar-refractivity contribution < 1.29 is 0 Å². The number of hydrogen-bond acceptors (Lipinski definition) is 3. The molecule has 4 nitrogen and oxygen atoms in total. The highest BCUT2D eigenvalue weighted by atomic mass is 15.5. The Bertz CT molecular complexity index is 818. The molecule has 0 atom stereocenters. The van der Waals surface area contributed by atoms with Gasteiger partial charge in [-0.3, -0.25) is 0 Å². The summed E-state index contributed by atoms with van der Waals surface area (Å²) in [6.07, 6.45) is 4.86. The fourth-order valence-corrected chi connectivity index (χ4v) is 2.87. The van der Waals surface area contributed by atoms with Gasteiger partial charge in [0.15, 0.2) is 0 Å². The van der Waals surface area contributed by atoms with Gasteiger partial charge in [0, 0.05) is 5.56 Å². The van der Waals surface area contributed by atoms with E-state index >= 15 is 0 Å². The van der Waals surface area contributed by atoms with Gasteiger partial charge in [-0.1, -0.05) is 48.0 Å². The van der Waals surface area contributed by atoms with Crippen LogP contribution in [0.15, 0.2) is 54.4 Å². The molecule has 2 aromatic carbocycles. The summed E-state index contributed by atoms with van der Waals surface area (Å²) in [6.45, 7) is 2.16. The van der Waals surface area contributed by atoms with Crippen molar-refractivity contribution in [3.63, 3.8) is 0 Å². The molecule has 0 aliphatic heterocycles. The van der Waals surface area contributed by atoms with Gasteiger partial charge in [-0.25, -0.2) is 0 Å². The topological polar surface area (TPSA) is 43.6 Å². The fraction of sp³-hybridized carbons (Fsp3) is 0.118. The third-order valence-corrected chi connectivity index (χ3v) is 3.81. The molecule has 4 heteroatoms. The number of nitrogens with zero attached hydrogens (tertiary/aromatic N) is 4. The maximum absolute atomic E-state index is 4.05.